The van der Waals surface area contributed by atoms with Gasteiger partial charge < -0.3 is 14.2 Å². The first-order valence-corrected chi connectivity index (χ1v) is 12.8. The van der Waals surface area contributed by atoms with Gasteiger partial charge in [-0.15, -0.1) is 0 Å². The summed E-state index contributed by atoms with van der Waals surface area (Å²) in [4.78, 5) is 40.2. The van der Waals surface area contributed by atoms with E-state index in [1.807, 2.05) is 60.7 Å². The lowest BCUT2D eigenvalue weighted by Crippen LogP contribution is -2.47. The van der Waals surface area contributed by atoms with Gasteiger partial charge in [0.15, 0.2) is 6.10 Å². The van der Waals surface area contributed by atoms with Crippen LogP contribution in [0.25, 0.3) is 0 Å². The Morgan fingerprint density at radius 1 is 0.842 bits per heavy atom. The van der Waals surface area contributed by atoms with E-state index in [0.29, 0.717) is 6.42 Å². The molecule has 0 bridgehead atoms. The first-order chi connectivity index (χ1) is 17.7. The van der Waals surface area contributed by atoms with E-state index in [4.69, 9.17) is 14.2 Å². The summed E-state index contributed by atoms with van der Waals surface area (Å²) in [7, 11) is 1.40. The summed E-state index contributed by atoms with van der Waals surface area (Å²) in [5, 5.41) is 0. The summed E-state index contributed by atoms with van der Waals surface area (Å²) in [5.74, 6) is -1.51. The molecule has 2 aromatic rings. The summed E-state index contributed by atoms with van der Waals surface area (Å²) in [6.07, 6.45) is -1.33. The number of aryl methyl sites for hydroxylation is 1. The molecule has 2 aromatic carbocycles. The maximum Gasteiger partial charge on any atom is 0.410 e. The van der Waals surface area contributed by atoms with Crippen molar-refractivity contribution in [2.75, 3.05) is 7.05 Å². The van der Waals surface area contributed by atoms with Crippen LogP contribution in [0.5, 0.6) is 0 Å². The zero-order chi connectivity index (χ0) is 28.3. The van der Waals surface area contributed by atoms with Crippen molar-refractivity contribution in [3.05, 3.63) is 71.8 Å². The van der Waals surface area contributed by atoms with Crippen LogP contribution in [0.4, 0.5) is 9.18 Å². The van der Waals surface area contributed by atoms with Crippen LogP contribution in [0.1, 0.15) is 65.0 Å². The minimum atomic E-state index is -1.57. The molecule has 2 atom stereocenters. The summed E-state index contributed by atoms with van der Waals surface area (Å²) in [6.45, 7) is 7.94. The second kappa shape index (κ2) is 13.9. The zero-order valence-corrected chi connectivity index (χ0v) is 23.2. The summed E-state index contributed by atoms with van der Waals surface area (Å²) >= 11 is 0. The Hall–Kier alpha value is -3.42. The standard InChI is InChI=1S/C30H40FNO6/c1-29(2,3)38-28(35)32(6)24(19-20-30(4,5)31)26(33)37-25(18-17-22-13-9-7-10-14-22)27(34)36-21-23-15-11-8-12-16-23/h7-16,24-25H,17-21H2,1-6H3/t24-,25+/m0/s1. The van der Waals surface area contributed by atoms with Crippen molar-refractivity contribution >= 4 is 18.0 Å². The van der Waals surface area contributed by atoms with E-state index >= 15 is 0 Å². The third-order valence-corrected chi connectivity index (χ3v) is 5.72. The number of carbonyl (C=O) groups excluding carboxylic acids is 3. The molecule has 0 spiro atoms. The van der Waals surface area contributed by atoms with Gasteiger partial charge in [0.05, 0.1) is 0 Å². The van der Waals surface area contributed by atoms with E-state index in [-0.39, 0.29) is 25.9 Å². The Bertz CT molecular complexity index is 1030. The summed E-state index contributed by atoms with van der Waals surface area (Å²) < 4.78 is 30.9. The molecule has 8 heteroatoms. The van der Waals surface area contributed by atoms with Crippen molar-refractivity contribution in [2.45, 2.75) is 90.3 Å². The molecule has 208 valence electrons. The highest BCUT2D eigenvalue weighted by atomic mass is 19.1. The van der Waals surface area contributed by atoms with Crippen molar-refractivity contribution in [1.29, 1.82) is 0 Å². The fraction of sp³-hybridized carbons (Fsp3) is 0.500. The number of esters is 2. The quantitative estimate of drug-likeness (QED) is 0.246. The minimum Gasteiger partial charge on any atom is -0.458 e. The SMILES string of the molecule is CN(C(=O)OC(C)(C)C)[C@@H](CCC(C)(C)F)C(=O)O[C@H](CCc1ccccc1)C(=O)OCc1ccccc1. The summed E-state index contributed by atoms with van der Waals surface area (Å²) in [5.41, 5.74) is -0.611. The second-order valence-electron chi connectivity index (χ2n) is 10.9. The predicted octanol–water partition coefficient (Wildman–Crippen LogP) is 6.04. The number of amides is 1. The number of hydrogen-bond donors (Lipinski definition) is 0. The molecule has 0 unspecified atom stereocenters. The first-order valence-electron chi connectivity index (χ1n) is 12.8. The number of ether oxygens (including phenoxy) is 3. The van der Waals surface area contributed by atoms with Crippen molar-refractivity contribution in [3.8, 4) is 0 Å². The lowest BCUT2D eigenvalue weighted by molar-refractivity contribution is -0.172. The van der Waals surface area contributed by atoms with E-state index in [1.165, 1.54) is 20.9 Å². The molecule has 0 aliphatic rings. The van der Waals surface area contributed by atoms with Gasteiger partial charge >= 0.3 is 18.0 Å². The number of nitrogens with zero attached hydrogens (tertiary/aromatic N) is 1. The molecular formula is C30H40FNO6. The van der Waals surface area contributed by atoms with Gasteiger partial charge in [-0.2, -0.15) is 0 Å². The lowest BCUT2D eigenvalue weighted by Gasteiger charge is -2.31. The Kier molecular flexibility index (Phi) is 11.3. The Labute approximate surface area is 225 Å². The molecule has 7 nitrogen and oxygen atoms in total. The van der Waals surface area contributed by atoms with E-state index < -0.39 is 41.4 Å². The minimum absolute atomic E-state index is 0.00690. The van der Waals surface area contributed by atoms with Crippen LogP contribution in [-0.2, 0) is 36.8 Å². The van der Waals surface area contributed by atoms with Crippen molar-refractivity contribution in [3.63, 3.8) is 0 Å². The molecule has 2 rings (SSSR count). The number of halogens is 1. The maximum atomic E-state index is 14.3. The van der Waals surface area contributed by atoms with E-state index in [1.54, 1.807) is 20.8 Å². The Morgan fingerprint density at radius 2 is 1.39 bits per heavy atom. The molecule has 0 aliphatic carbocycles. The van der Waals surface area contributed by atoms with Gasteiger partial charge in [-0.3, -0.25) is 4.90 Å². The molecule has 0 radical (unpaired) electrons. The third-order valence-electron chi connectivity index (χ3n) is 5.72. The van der Waals surface area contributed by atoms with Gasteiger partial charge in [0, 0.05) is 7.05 Å². The van der Waals surface area contributed by atoms with E-state index in [9.17, 15) is 18.8 Å². The highest BCUT2D eigenvalue weighted by Gasteiger charge is 2.36. The van der Waals surface area contributed by atoms with Crippen molar-refractivity contribution in [1.82, 2.24) is 4.90 Å². The van der Waals surface area contributed by atoms with Crippen LogP contribution >= 0.6 is 0 Å². The molecule has 0 heterocycles. The van der Waals surface area contributed by atoms with Crippen LogP contribution in [-0.4, -0.2) is 53.4 Å². The molecule has 0 N–H and O–H groups in total. The normalized spacial score (nSPS) is 13.2. The van der Waals surface area contributed by atoms with Crippen LogP contribution < -0.4 is 0 Å². The van der Waals surface area contributed by atoms with Gasteiger partial charge in [0.2, 0.25) is 0 Å². The van der Waals surface area contributed by atoms with Crippen LogP contribution in [0.3, 0.4) is 0 Å². The highest BCUT2D eigenvalue weighted by Crippen LogP contribution is 2.22. The highest BCUT2D eigenvalue weighted by molar-refractivity contribution is 5.84. The van der Waals surface area contributed by atoms with Gasteiger partial charge in [-0.1, -0.05) is 60.7 Å². The Balaban J connectivity index is 2.21. The molecule has 0 saturated carbocycles. The molecule has 0 aliphatic heterocycles. The van der Waals surface area contributed by atoms with E-state index in [2.05, 4.69) is 0 Å². The predicted molar refractivity (Wildman–Crippen MR) is 143 cm³/mol. The topological polar surface area (TPSA) is 82.1 Å². The zero-order valence-electron chi connectivity index (χ0n) is 23.2. The first kappa shape index (κ1) is 30.8. The monoisotopic (exact) mass is 529 g/mol. The molecule has 0 saturated heterocycles. The molecular weight excluding hydrogens is 489 g/mol. The summed E-state index contributed by atoms with van der Waals surface area (Å²) in [6, 6.07) is 17.5. The van der Waals surface area contributed by atoms with Gasteiger partial charge in [-0.05, 0) is 71.4 Å². The molecule has 0 aromatic heterocycles. The van der Waals surface area contributed by atoms with Crippen molar-refractivity contribution < 1.29 is 33.0 Å². The Morgan fingerprint density at radius 3 is 1.92 bits per heavy atom. The van der Waals surface area contributed by atoms with Gasteiger partial charge in [-0.25, -0.2) is 18.8 Å². The van der Waals surface area contributed by atoms with Crippen LogP contribution in [0, 0.1) is 0 Å². The number of hydrogen-bond acceptors (Lipinski definition) is 6. The maximum absolute atomic E-state index is 14.3. The molecule has 0 fully saturated rings. The number of rotatable bonds is 12. The number of alkyl halides is 1. The van der Waals surface area contributed by atoms with Gasteiger partial charge in [0.25, 0.3) is 0 Å². The average Bonchev–Trinajstić information content (AvgIpc) is 2.84. The smallest absolute Gasteiger partial charge is 0.410 e. The van der Waals surface area contributed by atoms with Crippen molar-refractivity contribution in [2.24, 2.45) is 0 Å². The van der Waals surface area contributed by atoms with E-state index in [0.717, 1.165) is 16.0 Å². The van der Waals surface area contributed by atoms with Crippen LogP contribution in [0.2, 0.25) is 0 Å². The molecule has 1 amide bonds. The lowest BCUT2D eigenvalue weighted by atomic mass is 10.00. The second-order valence-corrected chi connectivity index (χ2v) is 10.9. The largest absolute Gasteiger partial charge is 0.458 e. The fourth-order valence-electron chi connectivity index (χ4n) is 3.62. The average molecular weight is 530 g/mol. The van der Waals surface area contributed by atoms with Crippen LogP contribution in [0.15, 0.2) is 60.7 Å². The van der Waals surface area contributed by atoms with Gasteiger partial charge in [0.1, 0.15) is 23.9 Å². The number of benzene rings is 2. The third kappa shape index (κ3) is 11.3. The number of carbonyl (C=O) groups is 3. The fourth-order valence-corrected chi connectivity index (χ4v) is 3.62. The number of likely N-dealkylation sites (N-methyl/N-ethyl adjacent to an activating group) is 1. The molecule has 38 heavy (non-hydrogen) atoms.